The molecule has 0 aromatic carbocycles. The van der Waals surface area contributed by atoms with E-state index in [1.807, 2.05) is 0 Å². The van der Waals surface area contributed by atoms with Gasteiger partial charge in [0.1, 0.15) is 0 Å². The molecular weight excluding hydrogens is 172 g/mol. The molecule has 0 aromatic rings. The van der Waals surface area contributed by atoms with E-state index in [-0.39, 0.29) is 5.97 Å². The second-order valence-corrected chi connectivity index (χ2v) is 2.27. The number of allylic oxidation sites excluding steroid dienone is 1. The lowest BCUT2D eigenvalue weighted by Crippen LogP contribution is -2.02. The van der Waals surface area contributed by atoms with Gasteiger partial charge in [-0.2, -0.15) is 0 Å². The Hall–Kier alpha value is -1.32. The molecule has 0 radical (unpaired) electrons. The Morgan fingerprint density at radius 1 is 1.38 bits per heavy atom. The Bertz CT molecular complexity index is 196. The van der Waals surface area contributed by atoms with Crippen LogP contribution in [-0.2, 0) is 19.1 Å². The molecule has 4 heteroatoms. The van der Waals surface area contributed by atoms with Crippen molar-refractivity contribution in [3.05, 3.63) is 12.2 Å². The molecule has 0 spiro atoms. The van der Waals surface area contributed by atoms with Gasteiger partial charge in [0.15, 0.2) is 0 Å². The lowest BCUT2D eigenvalue weighted by atomic mass is 10.3. The van der Waals surface area contributed by atoms with Gasteiger partial charge in [0.2, 0.25) is 0 Å². The van der Waals surface area contributed by atoms with Crippen LogP contribution in [0.4, 0.5) is 0 Å². The maximum atomic E-state index is 10.8. The van der Waals surface area contributed by atoms with Crippen LogP contribution in [0, 0.1) is 0 Å². The van der Waals surface area contributed by atoms with Crippen molar-refractivity contribution in [2.24, 2.45) is 0 Å². The Morgan fingerprint density at radius 3 is 2.62 bits per heavy atom. The van der Waals surface area contributed by atoms with Crippen molar-refractivity contribution in [1.29, 1.82) is 0 Å². The molecule has 0 amide bonds. The van der Waals surface area contributed by atoms with Gasteiger partial charge in [-0.05, 0) is 13.3 Å². The Labute approximate surface area is 77.5 Å². The van der Waals surface area contributed by atoms with E-state index < -0.39 is 5.97 Å². The zero-order valence-electron chi connectivity index (χ0n) is 7.91. The summed E-state index contributed by atoms with van der Waals surface area (Å²) in [5, 5.41) is 0. The predicted molar refractivity (Wildman–Crippen MR) is 47.0 cm³/mol. The highest BCUT2D eigenvalue weighted by Crippen LogP contribution is 1.94. The molecule has 4 nitrogen and oxygen atoms in total. The summed E-state index contributed by atoms with van der Waals surface area (Å²) in [7, 11) is 1.30. The number of hydrogen-bond acceptors (Lipinski definition) is 4. The van der Waals surface area contributed by atoms with E-state index in [0.717, 1.165) is 0 Å². The van der Waals surface area contributed by atoms with Crippen LogP contribution in [0.2, 0.25) is 0 Å². The fourth-order valence-corrected chi connectivity index (χ4v) is 0.682. The molecule has 0 aliphatic heterocycles. The van der Waals surface area contributed by atoms with Crippen molar-refractivity contribution in [3.63, 3.8) is 0 Å². The maximum Gasteiger partial charge on any atom is 0.330 e. The van der Waals surface area contributed by atoms with Crippen LogP contribution < -0.4 is 0 Å². The van der Waals surface area contributed by atoms with Crippen LogP contribution in [0.1, 0.15) is 19.8 Å². The lowest BCUT2D eigenvalue weighted by Gasteiger charge is -1.97. The minimum absolute atomic E-state index is 0.253. The molecule has 0 N–H and O–H groups in total. The number of hydrogen-bond donors (Lipinski definition) is 0. The van der Waals surface area contributed by atoms with Crippen molar-refractivity contribution in [2.45, 2.75) is 19.8 Å². The second kappa shape index (κ2) is 7.34. The average molecular weight is 186 g/mol. The van der Waals surface area contributed by atoms with Crippen LogP contribution in [0.25, 0.3) is 0 Å². The molecule has 74 valence electrons. The molecule has 0 saturated carbocycles. The summed E-state index contributed by atoms with van der Waals surface area (Å²) in [4.78, 5) is 21.3. The van der Waals surface area contributed by atoms with E-state index in [9.17, 15) is 9.59 Å². The smallest absolute Gasteiger partial charge is 0.330 e. The van der Waals surface area contributed by atoms with Crippen molar-refractivity contribution < 1.29 is 19.1 Å². The fraction of sp³-hybridized carbons (Fsp3) is 0.556. The highest BCUT2D eigenvalue weighted by atomic mass is 16.5. The van der Waals surface area contributed by atoms with Gasteiger partial charge in [-0.3, -0.25) is 4.79 Å². The van der Waals surface area contributed by atoms with Gasteiger partial charge in [0, 0.05) is 12.5 Å². The number of rotatable bonds is 5. The first-order valence-corrected chi connectivity index (χ1v) is 4.10. The standard InChI is InChI=1S/C9H14O4/c1-3-13-9(11)7-5-4-6-8(10)12-2/h4,6H,3,5,7H2,1-2H3/b6-4+. The first kappa shape index (κ1) is 11.7. The zero-order valence-corrected chi connectivity index (χ0v) is 7.91. The van der Waals surface area contributed by atoms with E-state index in [2.05, 4.69) is 9.47 Å². The van der Waals surface area contributed by atoms with E-state index >= 15 is 0 Å². The van der Waals surface area contributed by atoms with Crippen molar-refractivity contribution >= 4 is 11.9 Å². The first-order chi connectivity index (χ1) is 6.20. The van der Waals surface area contributed by atoms with Crippen LogP contribution in [0.5, 0.6) is 0 Å². The van der Waals surface area contributed by atoms with Gasteiger partial charge in [-0.25, -0.2) is 4.79 Å². The van der Waals surface area contributed by atoms with E-state index in [0.29, 0.717) is 19.4 Å². The van der Waals surface area contributed by atoms with Crippen molar-refractivity contribution in [1.82, 2.24) is 0 Å². The molecule has 0 heterocycles. The zero-order chi connectivity index (χ0) is 10.1. The molecule has 0 unspecified atom stereocenters. The summed E-state index contributed by atoms with van der Waals surface area (Å²) in [6.07, 6.45) is 3.66. The third-order valence-electron chi connectivity index (χ3n) is 1.28. The Kier molecular flexibility index (Phi) is 6.59. The van der Waals surface area contributed by atoms with Crippen LogP contribution in [0.15, 0.2) is 12.2 Å². The number of methoxy groups -OCH3 is 1. The minimum Gasteiger partial charge on any atom is -0.466 e. The summed E-state index contributed by atoms with van der Waals surface area (Å²) in [5.41, 5.74) is 0. The fourth-order valence-electron chi connectivity index (χ4n) is 0.682. The van der Waals surface area contributed by atoms with Crippen LogP contribution >= 0.6 is 0 Å². The molecule has 0 atom stereocenters. The van der Waals surface area contributed by atoms with Crippen molar-refractivity contribution in [2.75, 3.05) is 13.7 Å². The van der Waals surface area contributed by atoms with Gasteiger partial charge in [0.05, 0.1) is 13.7 Å². The Morgan fingerprint density at radius 2 is 2.08 bits per heavy atom. The third-order valence-corrected chi connectivity index (χ3v) is 1.28. The first-order valence-electron chi connectivity index (χ1n) is 4.10. The van der Waals surface area contributed by atoms with E-state index in [1.54, 1.807) is 13.0 Å². The summed E-state index contributed by atoms with van der Waals surface area (Å²) in [6, 6.07) is 0. The predicted octanol–water partition coefficient (Wildman–Crippen LogP) is 1.06. The molecule has 0 saturated heterocycles. The van der Waals surface area contributed by atoms with Gasteiger partial charge in [-0.1, -0.05) is 6.08 Å². The summed E-state index contributed by atoms with van der Waals surface area (Å²) in [5.74, 6) is -0.666. The number of carbonyl (C=O) groups is 2. The van der Waals surface area contributed by atoms with Crippen LogP contribution in [0.3, 0.4) is 0 Å². The monoisotopic (exact) mass is 186 g/mol. The molecular formula is C9H14O4. The van der Waals surface area contributed by atoms with E-state index in [4.69, 9.17) is 0 Å². The van der Waals surface area contributed by atoms with Crippen LogP contribution in [-0.4, -0.2) is 25.7 Å². The van der Waals surface area contributed by atoms with Crippen molar-refractivity contribution in [3.8, 4) is 0 Å². The molecule has 0 aliphatic carbocycles. The largest absolute Gasteiger partial charge is 0.466 e. The maximum absolute atomic E-state index is 10.8. The molecule has 0 bridgehead atoms. The molecule has 0 aromatic heterocycles. The normalized spacial score (nSPS) is 10.0. The molecule has 13 heavy (non-hydrogen) atoms. The highest BCUT2D eigenvalue weighted by Gasteiger charge is 1.98. The van der Waals surface area contributed by atoms with Gasteiger partial charge in [-0.15, -0.1) is 0 Å². The lowest BCUT2D eigenvalue weighted by molar-refractivity contribution is -0.143. The highest BCUT2D eigenvalue weighted by molar-refractivity contribution is 5.81. The topological polar surface area (TPSA) is 52.6 Å². The average Bonchev–Trinajstić information content (AvgIpc) is 2.12. The summed E-state index contributed by atoms with van der Waals surface area (Å²) >= 11 is 0. The quantitative estimate of drug-likeness (QED) is 0.476. The molecule has 0 fully saturated rings. The minimum atomic E-state index is -0.413. The molecule has 0 rings (SSSR count). The summed E-state index contributed by atoms with van der Waals surface area (Å²) < 4.78 is 9.05. The number of esters is 2. The Balaban J connectivity index is 3.49. The van der Waals surface area contributed by atoms with E-state index in [1.165, 1.54) is 13.2 Å². The SMILES string of the molecule is CCOC(=O)CC/C=C/C(=O)OC. The third kappa shape index (κ3) is 7.05. The summed E-state index contributed by atoms with van der Waals surface area (Å²) in [6.45, 7) is 2.14. The number of ether oxygens (including phenoxy) is 2. The molecule has 0 aliphatic rings. The van der Waals surface area contributed by atoms with Gasteiger partial charge >= 0.3 is 11.9 Å². The number of carbonyl (C=O) groups excluding carboxylic acids is 2. The second-order valence-electron chi connectivity index (χ2n) is 2.27. The van der Waals surface area contributed by atoms with Gasteiger partial charge in [0.25, 0.3) is 0 Å². The van der Waals surface area contributed by atoms with Gasteiger partial charge < -0.3 is 9.47 Å².